The molecule has 1 heterocycles. The molecule has 0 radical (unpaired) electrons. The number of hydrogen-bond donors (Lipinski definition) is 1. The minimum atomic E-state index is -0.657. The zero-order valence-corrected chi connectivity index (χ0v) is 21.1. The van der Waals surface area contributed by atoms with Gasteiger partial charge in [-0.3, -0.25) is 29.6 Å². The van der Waals surface area contributed by atoms with Gasteiger partial charge in [-0.05, 0) is 42.8 Å². The van der Waals surface area contributed by atoms with Gasteiger partial charge in [-0.25, -0.2) is 0 Å². The number of hydrogen-bond acceptors (Lipinski definition) is 9. The summed E-state index contributed by atoms with van der Waals surface area (Å²) >= 11 is 1.40. The maximum Gasteiger partial charge on any atom is 0.270 e. The Labute approximate surface area is 221 Å². The lowest BCUT2D eigenvalue weighted by Gasteiger charge is -2.16. The van der Waals surface area contributed by atoms with Gasteiger partial charge in [0.1, 0.15) is 5.75 Å². The van der Waals surface area contributed by atoms with Gasteiger partial charge in [0.2, 0.25) is 0 Å². The average Bonchev–Trinajstić information content (AvgIpc) is 3.36. The van der Waals surface area contributed by atoms with Crippen LogP contribution < -0.4 is 10.1 Å². The fourth-order valence-corrected chi connectivity index (χ4v) is 4.54. The highest BCUT2D eigenvalue weighted by molar-refractivity contribution is 7.98. The summed E-state index contributed by atoms with van der Waals surface area (Å²) in [6.45, 7) is 1.71. The summed E-state index contributed by atoms with van der Waals surface area (Å²) in [5, 5.41) is 34.2. The molecule has 1 aromatic heterocycles. The SMILES string of the molecule is COc1cccc(CSc2nnc(C(C)NC(=O)c3cccc([N+](=O)[O-])c3)n2-c2ccc([N+](=O)[O-])cc2)c1. The molecular formula is C25H22N6O6S. The van der Waals surface area contributed by atoms with Crippen LogP contribution in [0.5, 0.6) is 5.75 Å². The van der Waals surface area contributed by atoms with Crippen LogP contribution in [0.25, 0.3) is 5.69 Å². The van der Waals surface area contributed by atoms with Crippen LogP contribution in [0.15, 0.2) is 78.0 Å². The minimum Gasteiger partial charge on any atom is -0.497 e. The molecule has 38 heavy (non-hydrogen) atoms. The molecule has 1 atom stereocenters. The summed E-state index contributed by atoms with van der Waals surface area (Å²) < 4.78 is 7.00. The predicted octanol–water partition coefficient (Wildman–Crippen LogP) is 4.88. The second kappa shape index (κ2) is 11.5. The molecule has 3 aromatic carbocycles. The summed E-state index contributed by atoms with van der Waals surface area (Å²) in [4.78, 5) is 34.0. The molecule has 0 saturated heterocycles. The fourth-order valence-electron chi connectivity index (χ4n) is 3.64. The number of nitro groups is 2. The number of amides is 1. The minimum absolute atomic E-state index is 0.0685. The van der Waals surface area contributed by atoms with Crippen LogP contribution in [-0.4, -0.2) is 37.6 Å². The van der Waals surface area contributed by atoms with Crippen LogP contribution in [0.3, 0.4) is 0 Å². The predicted molar refractivity (Wildman–Crippen MR) is 140 cm³/mol. The van der Waals surface area contributed by atoms with Crippen molar-refractivity contribution < 1.29 is 19.4 Å². The molecule has 4 rings (SSSR count). The van der Waals surface area contributed by atoms with Gasteiger partial charge in [-0.2, -0.15) is 0 Å². The van der Waals surface area contributed by atoms with Crippen molar-refractivity contribution in [3.8, 4) is 11.4 Å². The van der Waals surface area contributed by atoms with Crippen molar-refractivity contribution in [2.24, 2.45) is 0 Å². The van der Waals surface area contributed by atoms with E-state index in [-0.39, 0.29) is 16.9 Å². The smallest absolute Gasteiger partial charge is 0.270 e. The zero-order chi connectivity index (χ0) is 27.2. The van der Waals surface area contributed by atoms with Crippen LogP contribution in [0.1, 0.15) is 34.7 Å². The van der Waals surface area contributed by atoms with Crippen LogP contribution in [0, 0.1) is 20.2 Å². The maximum absolute atomic E-state index is 12.9. The van der Waals surface area contributed by atoms with Gasteiger partial charge in [-0.15, -0.1) is 10.2 Å². The van der Waals surface area contributed by atoms with E-state index in [4.69, 9.17) is 4.74 Å². The Bertz CT molecular complexity index is 1490. The van der Waals surface area contributed by atoms with Gasteiger partial charge >= 0.3 is 0 Å². The third-order valence-electron chi connectivity index (χ3n) is 5.53. The molecule has 0 spiro atoms. The molecule has 1 amide bonds. The molecule has 4 aromatic rings. The highest BCUT2D eigenvalue weighted by Gasteiger charge is 2.23. The van der Waals surface area contributed by atoms with Gasteiger partial charge in [0.25, 0.3) is 17.3 Å². The van der Waals surface area contributed by atoms with Crippen LogP contribution >= 0.6 is 11.8 Å². The molecular weight excluding hydrogens is 512 g/mol. The lowest BCUT2D eigenvalue weighted by Crippen LogP contribution is -2.28. The Morgan fingerprint density at radius 2 is 1.71 bits per heavy atom. The van der Waals surface area contributed by atoms with E-state index in [9.17, 15) is 25.0 Å². The Kier molecular flexibility index (Phi) is 7.97. The third-order valence-corrected chi connectivity index (χ3v) is 6.53. The van der Waals surface area contributed by atoms with E-state index in [0.717, 1.165) is 11.3 Å². The maximum atomic E-state index is 12.9. The van der Waals surface area contributed by atoms with Gasteiger partial charge in [0.05, 0.1) is 23.0 Å². The van der Waals surface area contributed by atoms with Gasteiger partial charge in [0, 0.05) is 41.3 Å². The molecule has 0 aliphatic carbocycles. The van der Waals surface area contributed by atoms with E-state index in [1.165, 1.54) is 48.2 Å². The molecule has 194 valence electrons. The number of carbonyl (C=O) groups excluding carboxylic acids is 1. The zero-order valence-electron chi connectivity index (χ0n) is 20.3. The number of rotatable bonds is 10. The number of nitrogens with zero attached hydrogens (tertiary/aromatic N) is 5. The van der Waals surface area contributed by atoms with E-state index in [1.807, 2.05) is 24.3 Å². The van der Waals surface area contributed by atoms with Crippen LogP contribution in [0.2, 0.25) is 0 Å². The lowest BCUT2D eigenvalue weighted by atomic mass is 10.1. The number of aromatic nitrogens is 3. The normalized spacial score (nSPS) is 11.5. The quantitative estimate of drug-likeness (QED) is 0.170. The van der Waals surface area contributed by atoms with Crippen molar-refractivity contribution in [3.63, 3.8) is 0 Å². The highest BCUT2D eigenvalue weighted by atomic mass is 32.2. The van der Waals surface area contributed by atoms with Gasteiger partial charge < -0.3 is 10.1 Å². The third kappa shape index (κ3) is 5.95. The van der Waals surface area contributed by atoms with E-state index >= 15 is 0 Å². The first-order valence-electron chi connectivity index (χ1n) is 11.3. The molecule has 0 aliphatic heterocycles. The molecule has 0 aliphatic rings. The number of nitro benzene ring substituents is 2. The standard InChI is InChI=1S/C25H22N6O6S/c1-16(26-24(32)18-6-4-7-21(14-18)31(35)36)23-27-28-25(38-15-17-5-3-8-22(13-17)37-2)29(23)19-9-11-20(12-10-19)30(33)34/h3-14,16H,15H2,1-2H3,(H,26,32). The number of non-ortho nitro benzene ring substituents is 2. The number of methoxy groups -OCH3 is 1. The van der Waals surface area contributed by atoms with Crippen molar-refractivity contribution in [3.05, 3.63) is 110 Å². The van der Waals surface area contributed by atoms with Crippen molar-refractivity contribution in [2.45, 2.75) is 23.9 Å². The van der Waals surface area contributed by atoms with Crippen molar-refractivity contribution in [1.29, 1.82) is 0 Å². The van der Waals surface area contributed by atoms with E-state index in [0.29, 0.717) is 22.4 Å². The van der Waals surface area contributed by atoms with E-state index < -0.39 is 21.8 Å². The summed E-state index contributed by atoms with van der Waals surface area (Å²) in [6.07, 6.45) is 0. The first kappa shape index (κ1) is 26.3. The molecule has 0 fully saturated rings. The Balaban J connectivity index is 1.64. The second-order valence-corrected chi connectivity index (χ2v) is 9.03. The average molecular weight is 535 g/mol. The Morgan fingerprint density at radius 1 is 1.00 bits per heavy atom. The monoisotopic (exact) mass is 534 g/mol. The molecule has 0 bridgehead atoms. The number of benzene rings is 3. The van der Waals surface area contributed by atoms with E-state index in [1.54, 1.807) is 30.7 Å². The molecule has 0 saturated carbocycles. The van der Waals surface area contributed by atoms with Crippen LogP contribution in [-0.2, 0) is 5.75 Å². The number of nitrogens with one attached hydrogen (secondary N) is 1. The number of thioether (sulfide) groups is 1. The van der Waals surface area contributed by atoms with Gasteiger partial charge in [0.15, 0.2) is 11.0 Å². The molecule has 13 heteroatoms. The summed E-state index contributed by atoms with van der Waals surface area (Å²) in [7, 11) is 1.59. The van der Waals surface area contributed by atoms with Gasteiger partial charge in [-0.1, -0.05) is 30.0 Å². The first-order chi connectivity index (χ1) is 18.3. The summed E-state index contributed by atoms with van der Waals surface area (Å²) in [6, 6.07) is 18.2. The lowest BCUT2D eigenvalue weighted by molar-refractivity contribution is -0.385. The molecule has 1 N–H and O–H groups in total. The Morgan fingerprint density at radius 3 is 2.39 bits per heavy atom. The Hall–Kier alpha value is -4.78. The topological polar surface area (TPSA) is 155 Å². The number of ether oxygens (including phenoxy) is 1. The van der Waals surface area contributed by atoms with Crippen molar-refractivity contribution in [2.75, 3.05) is 7.11 Å². The molecule has 12 nitrogen and oxygen atoms in total. The van der Waals surface area contributed by atoms with E-state index in [2.05, 4.69) is 15.5 Å². The molecule has 1 unspecified atom stereocenters. The second-order valence-electron chi connectivity index (χ2n) is 8.09. The van der Waals surface area contributed by atoms with Crippen LogP contribution in [0.4, 0.5) is 11.4 Å². The highest BCUT2D eigenvalue weighted by Crippen LogP contribution is 2.29. The van der Waals surface area contributed by atoms with Crippen molar-refractivity contribution in [1.82, 2.24) is 20.1 Å². The first-order valence-corrected chi connectivity index (χ1v) is 12.3. The fraction of sp³-hybridized carbons (Fsp3) is 0.160. The summed E-state index contributed by atoms with van der Waals surface area (Å²) in [5.74, 6) is 1.12. The largest absolute Gasteiger partial charge is 0.497 e. The summed E-state index contributed by atoms with van der Waals surface area (Å²) in [5.41, 5.74) is 1.41. The number of carbonyl (C=O) groups is 1. The van der Waals surface area contributed by atoms with Crippen molar-refractivity contribution >= 4 is 29.0 Å².